The Morgan fingerprint density at radius 1 is 1.32 bits per heavy atom. The number of rotatable bonds is 6. The van der Waals surface area contributed by atoms with E-state index in [0.29, 0.717) is 19.6 Å². The molecular weight excluding hydrogens is 342 g/mol. The fourth-order valence-electron chi connectivity index (χ4n) is 2.85. The van der Waals surface area contributed by atoms with Gasteiger partial charge in [0.1, 0.15) is 0 Å². The number of aromatic nitrogens is 2. The van der Waals surface area contributed by atoms with Crippen molar-refractivity contribution in [2.75, 3.05) is 26.2 Å². The molecular formula is C16H21N5O3S. The third-order valence-corrected chi connectivity index (χ3v) is 5.68. The third kappa shape index (κ3) is 3.67. The van der Waals surface area contributed by atoms with Gasteiger partial charge in [0.2, 0.25) is 10.0 Å². The van der Waals surface area contributed by atoms with Crippen molar-refractivity contribution in [3.05, 3.63) is 36.0 Å². The molecule has 1 fully saturated rings. The van der Waals surface area contributed by atoms with Crippen LogP contribution in [0.2, 0.25) is 0 Å². The molecule has 1 aliphatic heterocycles. The number of sulfonamides is 1. The quantitative estimate of drug-likeness (QED) is 0.790. The van der Waals surface area contributed by atoms with Crippen molar-refractivity contribution in [1.29, 1.82) is 0 Å². The van der Waals surface area contributed by atoms with E-state index in [0.717, 1.165) is 16.8 Å². The van der Waals surface area contributed by atoms with Gasteiger partial charge in [0.15, 0.2) is 0 Å². The third-order valence-electron chi connectivity index (χ3n) is 4.22. The fraction of sp³-hybridized carbons (Fsp3) is 0.375. The second-order valence-corrected chi connectivity index (χ2v) is 7.70. The summed E-state index contributed by atoms with van der Waals surface area (Å²) in [7, 11) is -1.78. The minimum absolute atomic E-state index is 0.157. The number of hydrogen-bond acceptors (Lipinski definition) is 4. The van der Waals surface area contributed by atoms with Crippen molar-refractivity contribution >= 4 is 16.1 Å². The van der Waals surface area contributed by atoms with E-state index in [2.05, 4.69) is 15.1 Å². The molecule has 25 heavy (non-hydrogen) atoms. The maximum absolute atomic E-state index is 12.5. The molecule has 8 nitrogen and oxygen atoms in total. The molecule has 1 aromatic heterocycles. The molecule has 2 N–H and O–H groups in total. The van der Waals surface area contributed by atoms with Crippen LogP contribution in [0.5, 0.6) is 0 Å². The molecule has 3 rings (SSSR count). The van der Waals surface area contributed by atoms with E-state index in [1.165, 1.54) is 0 Å². The smallest absolute Gasteiger partial charge is 0.317 e. The van der Waals surface area contributed by atoms with Gasteiger partial charge >= 0.3 is 6.03 Å². The van der Waals surface area contributed by atoms with Gasteiger partial charge in [-0.3, -0.25) is 4.68 Å². The number of aryl methyl sites for hydroxylation is 2. The summed E-state index contributed by atoms with van der Waals surface area (Å²) in [5, 5.41) is 6.82. The first-order chi connectivity index (χ1) is 11.9. The summed E-state index contributed by atoms with van der Waals surface area (Å²) >= 11 is 0. The van der Waals surface area contributed by atoms with Crippen LogP contribution in [-0.2, 0) is 17.1 Å². The molecule has 0 unspecified atom stereocenters. The Balaban J connectivity index is 1.71. The maximum atomic E-state index is 12.5. The van der Waals surface area contributed by atoms with E-state index in [4.69, 9.17) is 0 Å². The number of carbonyl (C=O) groups excluding carboxylic acids is 1. The van der Waals surface area contributed by atoms with Crippen LogP contribution in [0.15, 0.2) is 35.4 Å². The molecule has 0 spiro atoms. The van der Waals surface area contributed by atoms with Gasteiger partial charge < -0.3 is 10.2 Å². The van der Waals surface area contributed by atoms with Crippen LogP contribution in [0, 0.1) is 6.92 Å². The summed E-state index contributed by atoms with van der Waals surface area (Å²) < 4.78 is 29.2. The average molecular weight is 363 g/mol. The summed E-state index contributed by atoms with van der Waals surface area (Å²) in [5.74, 6) is 0. The largest absolute Gasteiger partial charge is 0.336 e. The molecule has 0 aliphatic carbocycles. The number of amides is 2. The molecule has 134 valence electrons. The van der Waals surface area contributed by atoms with Crippen molar-refractivity contribution in [2.45, 2.75) is 11.8 Å². The van der Waals surface area contributed by atoms with Crippen molar-refractivity contribution in [3.8, 4) is 11.3 Å². The van der Waals surface area contributed by atoms with Gasteiger partial charge in [-0.1, -0.05) is 6.07 Å². The zero-order valence-corrected chi connectivity index (χ0v) is 15.0. The van der Waals surface area contributed by atoms with Crippen LogP contribution in [0.4, 0.5) is 4.79 Å². The number of benzene rings is 1. The SMILES string of the molecule is Cc1cc(S(=O)(=O)NCCN2CCNC2=O)ccc1-c1ccnn1C. The molecule has 2 heterocycles. The normalized spacial score (nSPS) is 14.8. The van der Waals surface area contributed by atoms with Gasteiger partial charge in [-0.15, -0.1) is 0 Å². The molecule has 0 saturated carbocycles. The van der Waals surface area contributed by atoms with E-state index in [-0.39, 0.29) is 17.5 Å². The van der Waals surface area contributed by atoms with Crippen LogP contribution < -0.4 is 10.0 Å². The van der Waals surface area contributed by atoms with Gasteiger partial charge in [0.05, 0.1) is 10.6 Å². The van der Waals surface area contributed by atoms with Crippen molar-refractivity contribution < 1.29 is 13.2 Å². The van der Waals surface area contributed by atoms with Gasteiger partial charge in [-0.05, 0) is 30.7 Å². The minimum Gasteiger partial charge on any atom is -0.336 e. The minimum atomic E-state index is -3.62. The molecule has 0 atom stereocenters. The summed E-state index contributed by atoms with van der Waals surface area (Å²) in [6.07, 6.45) is 1.70. The van der Waals surface area contributed by atoms with E-state index in [9.17, 15) is 13.2 Å². The number of nitrogens with zero attached hydrogens (tertiary/aromatic N) is 3. The standard InChI is InChI=1S/C16H21N5O3S/c1-12-11-13(3-4-14(12)15-5-6-18-20(15)2)25(23,24)19-8-10-21-9-7-17-16(21)22/h3-6,11,19H,7-10H2,1-2H3,(H,17,22). The lowest BCUT2D eigenvalue weighted by Crippen LogP contribution is -2.36. The summed E-state index contributed by atoms with van der Waals surface area (Å²) in [6, 6.07) is 6.74. The zero-order valence-electron chi connectivity index (χ0n) is 14.2. The first kappa shape index (κ1) is 17.4. The van der Waals surface area contributed by atoms with E-state index < -0.39 is 10.0 Å². The summed E-state index contributed by atoms with van der Waals surface area (Å²) in [4.78, 5) is 13.2. The number of carbonyl (C=O) groups is 1. The van der Waals surface area contributed by atoms with Crippen molar-refractivity contribution in [3.63, 3.8) is 0 Å². The highest BCUT2D eigenvalue weighted by molar-refractivity contribution is 7.89. The van der Waals surface area contributed by atoms with Crippen molar-refractivity contribution in [2.24, 2.45) is 7.05 Å². The first-order valence-corrected chi connectivity index (χ1v) is 9.48. The zero-order chi connectivity index (χ0) is 18.0. The highest BCUT2D eigenvalue weighted by Crippen LogP contribution is 2.25. The second-order valence-electron chi connectivity index (χ2n) is 5.93. The van der Waals surface area contributed by atoms with Crippen LogP contribution in [0.25, 0.3) is 11.3 Å². The van der Waals surface area contributed by atoms with Crippen LogP contribution in [0.3, 0.4) is 0 Å². The molecule has 2 aromatic rings. The van der Waals surface area contributed by atoms with Crippen LogP contribution >= 0.6 is 0 Å². The lowest BCUT2D eigenvalue weighted by Gasteiger charge is -2.15. The molecule has 2 amide bonds. The fourth-order valence-corrected chi connectivity index (χ4v) is 3.96. The van der Waals surface area contributed by atoms with Gasteiger partial charge in [0, 0.05) is 45.0 Å². The Labute approximate surface area is 146 Å². The Hall–Kier alpha value is -2.39. The van der Waals surface area contributed by atoms with E-state index >= 15 is 0 Å². The molecule has 0 radical (unpaired) electrons. The lowest BCUT2D eigenvalue weighted by atomic mass is 10.1. The Morgan fingerprint density at radius 2 is 2.12 bits per heavy atom. The van der Waals surface area contributed by atoms with Gasteiger partial charge in [-0.25, -0.2) is 17.9 Å². The molecule has 9 heteroatoms. The Morgan fingerprint density at radius 3 is 2.72 bits per heavy atom. The number of hydrogen-bond donors (Lipinski definition) is 2. The highest BCUT2D eigenvalue weighted by atomic mass is 32.2. The van der Waals surface area contributed by atoms with Crippen LogP contribution in [-0.4, -0.2) is 55.3 Å². The maximum Gasteiger partial charge on any atom is 0.317 e. The van der Waals surface area contributed by atoms with E-state index in [1.54, 1.807) is 34.0 Å². The molecule has 0 bridgehead atoms. The van der Waals surface area contributed by atoms with Gasteiger partial charge in [0.25, 0.3) is 0 Å². The Bertz CT molecular complexity index is 891. The lowest BCUT2D eigenvalue weighted by molar-refractivity contribution is 0.218. The Kier molecular flexibility index (Phi) is 4.78. The molecule has 1 saturated heterocycles. The van der Waals surface area contributed by atoms with Gasteiger partial charge in [-0.2, -0.15) is 5.10 Å². The monoisotopic (exact) mass is 363 g/mol. The number of nitrogens with one attached hydrogen (secondary N) is 2. The second kappa shape index (κ2) is 6.85. The summed E-state index contributed by atoms with van der Waals surface area (Å²) in [5.41, 5.74) is 2.72. The highest BCUT2D eigenvalue weighted by Gasteiger charge is 2.20. The average Bonchev–Trinajstić information content (AvgIpc) is 3.16. The topological polar surface area (TPSA) is 96.3 Å². The van der Waals surface area contributed by atoms with E-state index in [1.807, 2.05) is 20.0 Å². The number of urea groups is 1. The molecule has 1 aliphatic rings. The first-order valence-electron chi connectivity index (χ1n) is 8.00. The van der Waals surface area contributed by atoms with Crippen LogP contribution in [0.1, 0.15) is 5.56 Å². The summed E-state index contributed by atoms with van der Waals surface area (Å²) in [6.45, 7) is 3.59. The predicted molar refractivity (Wildman–Crippen MR) is 93.5 cm³/mol. The predicted octanol–water partition coefficient (Wildman–Crippen LogP) is 0.699. The molecule has 1 aromatic carbocycles. The van der Waals surface area contributed by atoms with Crippen molar-refractivity contribution in [1.82, 2.24) is 24.7 Å².